The third kappa shape index (κ3) is 4.52. The lowest BCUT2D eigenvalue weighted by atomic mass is 9.85. The first-order chi connectivity index (χ1) is 11.0. The Morgan fingerprint density at radius 2 is 2.13 bits per heavy atom. The molecule has 0 atom stereocenters. The molecule has 2 aliphatic rings. The van der Waals surface area contributed by atoms with Crippen LogP contribution in [-0.2, 0) is 11.3 Å². The highest BCUT2D eigenvalue weighted by atomic mass is 79.9. The number of hydrogen-bond donors (Lipinski definition) is 2. The standard InChI is InChI=1S/C17H22BrFN2O2/c18-17-12(2-1-3-15(17)19)8-20-13-6-14(7-13)21(10-16(22)23)9-11-4-5-11/h1-3,11,13-14,20H,4-10H2,(H,22,23). The van der Waals surface area contributed by atoms with Crippen LogP contribution >= 0.6 is 15.9 Å². The van der Waals surface area contributed by atoms with E-state index in [0.29, 0.717) is 29.0 Å². The van der Waals surface area contributed by atoms with Crippen molar-refractivity contribution in [1.29, 1.82) is 0 Å². The predicted molar refractivity (Wildman–Crippen MR) is 89.7 cm³/mol. The number of nitrogens with one attached hydrogen (secondary N) is 1. The van der Waals surface area contributed by atoms with E-state index in [2.05, 4.69) is 26.1 Å². The molecule has 2 saturated carbocycles. The van der Waals surface area contributed by atoms with Gasteiger partial charge in [-0.05, 0) is 59.2 Å². The molecule has 2 aliphatic carbocycles. The van der Waals surface area contributed by atoms with Gasteiger partial charge in [-0.25, -0.2) is 4.39 Å². The molecule has 0 bridgehead atoms. The van der Waals surface area contributed by atoms with Crippen LogP contribution < -0.4 is 5.32 Å². The van der Waals surface area contributed by atoms with Gasteiger partial charge in [0, 0.05) is 25.2 Å². The van der Waals surface area contributed by atoms with Crippen LogP contribution in [0, 0.1) is 11.7 Å². The molecular formula is C17H22BrFN2O2. The van der Waals surface area contributed by atoms with Crippen LogP contribution in [0.5, 0.6) is 0 Å². The molecule has 2 fully saturated rings. The van der Waals surface area contributed by atoms with Gasteiger partial charge < -0.3 is 10.4 Å². The fraction of sp³-hybridized carbons (Fsp3) is 0.588. The smallest absolute Gasteiger partial charge is 0.317 e. The van der Waals surface area contributed by atoms with Gasteiger partial charge in [0.15, 0.2) is 0 Å². The molecule has 0 aromatic heterocycles. The summed E-state index contributed by atoms with van der Waals surface area (Å²) in [4.78, 5) is 13.1. The summed E-state index contributed by atoms with van der Waals surface area (Å²) < 4.78 is 14.0. The van der Waals surface area contributed by atoms with E-state index >= 15 is 0 Å². The number of nitrogens with zero attached hydrogens (tertiary/aromatic N) is 1. The van der Waals surface area contributed by atoms with Crippen LogP contribution in [0.4, 0.5) is 4.39 Å². The number of carbonyl (C=O) groups is 1. The van der Waals surface area contributed by atoms with E-state index in [4.69, 9.17) is 5.11 Å². The molecule has 0 saturated heterocycles. The van der Waals surface area contributed by atoms with Gasteiger partial charge in [-0.15, -0.1) is 0 Å². The Hall–Kier alpha value is -0.980. The number of aliphatic carboxylic acids is 1. The van der Waals surface area contributed by atoms with Gasteiger partial charge in [-0.3, -0.25) is 9.69 Å². The fourth-order valence-electron chi connectivity index (χ4n) is 3.14. The maximum Gasteiger partial charge on any atom is 0.317 e. The molecule has 0 spiro atoms. The molecule has 0 radical (unpaired) electrons. The molecule has 6 heteroatoms. The Morgan fingerprint density at radius 1 is 1.39 bits per heavy atom. The van der Waals surface area contributed by atoms with Crippen molar-refractivity contribution in [2.75, 3.05) is 13.1 Å². The molecule has 2 N–H and O–H groups in total. The van der Waals surface area contributed by atoms with Gasteiger partial charge in [0.05, 0.1) is 11.0 Å². The van der Waals surface area contributed by atoms with Gasteiger partial charge in [0.1, 0.15) is 5.82 Å². The average molecular weight is 385 g/mol. The van der Waals surface area contributed by atoms with Crippen molar-refractivity contribution < 1.29 is 14.3 Å². The Labute approximate surface area is 144 Å². The summed E-state index contributed by atoms with van der Waals surface area (Å²) in [6.45, 7) is 1.68. The first-order valence-electron chi connectivity index (χ1n) is 8.15. The van der Waals surface area contributed by atoms with Crippen molar-refractivity contribution in [2.45, 2.75) is 44.3 Å². The molecule has 0 heterocycles. The minimum Gasteiger partial charge on any atom is -0.480 e. The van der Waals surface area contributed by atoms with Crippen LogP contribution in [0.15, 0.2) is 22.7 Å². The lowest BCUT2D eigenvalue weighted by Crippen LogP contribution is -2.54. The van der Waals surface area contributed by atoms with Crippen molar-refractivity contribution in [3.05, 3.63) is 34.1 Å². The quantitative estimate of drug-likeness (QED) is 0.723. The first kappa shape index (κ1) is 16.9. The van der Waals surface area contributed by atoms with Crippen LogP contribution in [0.2, 0.25) is 0 Å². The SMILES string of the molecule is O=C(O)CN(CC1CC1)C1CC(NCc2cccc(F)c2Br)C1. The van der Waals surface area contributed by atoms with Crippen molar-refractivity contribution in [1.82, 2.24) is 10.2 Å². The molecule has 1 aromatic rings. The summed E-state index contributed by atoms with van der Waals surface area (Å²) in [7, 11) is 0. The Morgan fingerprint density at radius 3 is 2.78 bits per heavy atom. The van der Waals surface area contributed by atoms with Crippen LogP contribution in [0.3, 0.4) is 0 Å². The van der Waals surface area contributed by atoms with Crippen LogP contribution in [0.25, 0.3) is 0 Å². The third-order valence-electron chi connectivity index (χ3n) is 4.77. The highest BCUT2D eigenvalue weighted by molar-refractivity contribution is 9.10. The highest BCUT2D eigenvalue weighted by Gasteiger charge is 2.36. The van der Waals surface area contributed by atoms with E-state index in [0.717, 1.165) is 24.9 Å². The van der Waals surface area contributed by atoms with Gasteiger partial charge >= 0.3 is 5.97 Å². The molecule has 0 amide bonds. The van der Waals surface area contributed by atoms with E-state index in [1.54, 1.807) is 6.07 Å². The highest BCUT2D eigenvalue weighted by Crippen LogP contribution is 2.34. The molecule has 3 rings (SSSR count). The number of halogens is 2. The minimum absolute atomic E-state index is 0.142. The second-order valence-electron chi connectivity index (χ2n) is 6.68. The van der Waals surface area contributed by atoms with Crippen molar-refractivity contribution in [3.63, 3.8) is 0 Å². The van der Waals surface area contributed by atoms with Crippen molar-refractivity contribution in [3.8, 4) is 0 Å². The molecular weight excluding hydrogens is 363 g/mol. The van der Waals surface area contributed by atoms with Crippen LogP contribution in [0.1, 0.15) is 31.2 Å². The van der Waals surface area contributed by atoms with E-state index in [1.165, 1.54) is 18.9 Å². The molecule has 126 valence electrons. The summed E-state index contributed by atoms with van der Waals surface area (Å²) >= 11 is 3.28. The lowest BCUT2D eigenvalue weighted by Gasteiger charge is -2.43. The normalized spacial score (nSPS) is 23.8. The monoisotopic (exact) mass is 384 g/mol. The van der Waals surface area contributed by atoms with E-state index in [9.17, 15) is 9.18 Å². The summed E-state index contributed by atoms with van der Waals surface area (Å²) in [5.41, 5.74) is 0.911. The van der Waals surface area contributed by atoms with E-state index in [-0.39, 0.29) is 12.4 Å². The molecule has 4 nitrogen and oxygen atoms in total. The number of hydrogen-bond acceptors (Lipinski definition) is 3. The zero-order valence-electron chi connectivity index (χ0n) is 13.0. The molecule has 23 heavy (non-hydrogen) atoms. The number of carboxylic acids is 1. The largest absolute Gasteiger partial charge is 0.480 e. The summed E-state index contributed by atoms with van der Waals surface area (Å²) in [6.07, 6.45) is 4.40. The van der Waals surface area contributed by atoms with E-state index < -0.39 is 5.97 Å². The van der Waals surface area contributed by atoms with Gasteiger partial charge in [-0.2, -0.15) is 0 Å². The molecule has 0 aliphatic heterocycles. The Kier molecular flexibility index (Phi) is 5.34. The topological polar surface area (TPSA) is 52.6 Å². The van der Waals surface area contributed by atoms with Crippen LogP contribution in [-0.4, -0.2) is 41.1 Å². The Balaban J connectivity index is 1.46. The molecule has 0 unspecified atom stereocenters. The summed E-state index contributed by atoms with van der Waals surface area (Å²) in [5, 5.41) is 12.5. The number of carboxylic acid groups (broad SMARTS) is 1. The first-order valence-corrected chi connectivity index (χ1v) is 8.94. The fourth-order valence-corrected chi connectivity index (χ4v) is 3.54. The second-order valence-corrected chi connectivity index (χ2v) is 7.48. The predicted octanol–water partition coefficient (Wildman–Crippen LogP) is 3.01. The lowest BCUT2D eigenvalue weighted by molar-refractivity contribution is -0.139. The second kappa shape index (κ2) is 7.28. The minimum atomic E-state index is -0.745. The van der Waals surface area contributed by atoms with Crippen molar-refractivity contribution >= 4 is 21.9 Å². The van der Waals surface area contributed by atoms with E-state index in [1.807, 2.05) is 6.07 Å². The zero-order chi connectivity index (χ0) is 16.4. The summed E-state index contributed by atoms with van der Waals surface area (Å²) in [6, 6.07) is 5.80. The third-order valence-corrected chi connectivity index (χ3v) is 5.66. The van der Waals surface area contributed by atoms with Gasteiger partial charge in [0.25, 0.3) is 0 Å². The number of rotatable bonds is 8. The summed E-state index contributed by atoms with van der Waals surface area (Å²) in [5.74, 6) is -0.289. The van der Waals surface area contributed by atoms with Gasteiger partial charge in [-0.1, -0.05) is 12.1 Å². The maximum atomic E-state index is 13.5. The average Bonchev–Trinajstić information content (AvgIpc) is 3.24. The van der Waals surface area contributed by atoms with Gasteiger partial charge in [0.2, 0.25) is 0 Å². The zero-order valence-corrected chi connectivity index (χ0v) is 14.6. The Bertz CT molecular complexity index is 574. The number of benzene rings is 1. The van der Waals surface area contributed by atoms with Crippen molar-refractivity contribution in [2.24, 2.45) is 5.92 Å². The maximum absolute atomic E-state index is 13.5. The molecule has 1 aromatic carbocycles.